The molecule has 0 bridgehead atoms. The monoisotopic (exact) mass is 430 g/mol. The van der Waals surface area contributed by atoms with E-state index < -0.39 is 0 Å². The van der Waals surface area contributed by atoms with Crippen LogP contribution in [0, 0.1) is 0 Å². The minimum Gasteiger partial charge on any atom is -0.397 e. The number of thiophene rings is 1. The second kappa shape index (κ2) is 9.40. The number of aromatic nitrogens is 1. The smallest absolute Gasteiger partial charge is 0.265 e. The maximum Gasteiger partial charge on any atom is 0.265 e. The minimum atomic E-state index is -0.208. The number of aryl methyl sites for hydroxylation is 1. The van der Waals surface area contributed by atoms with E-state index in [-0.39, 0.29) is 11.8 Å². The second-order valence-electron chi connectivity index (χ2n) is 7.17. The molecule has 6 nitrogen and oxygen atoms in total. The molecule has 156 valence electrons. The van der Waals surface area contributed by atoms with Gasteiger partial charge in [-0.15, -0.1) is 11.3 Å². The van der Waals surface area contributed by atoms with Gasteiger partial charge in [0.15, 0.2) is 0 Å². The minimum absolute atomic E-state index is 0.0315. The van der Waals surface area contributed by atoms with Crippen LogP contribution in [-0.4, -0.2) is 16.8 Å². The SMILES string of the molecule is Nc1ccccc1NC(=O)c1cc2cc(NC(=O)CCCc3cccnc3)ccc2s1. The Morgan fingerprint density at radius 1 is 1.00 bits per heavy atom. The number of nitrogens with one attached hydrogen (secondary N) is 2. The number of nitrogen functional groups attached to an aromatic ring is 1. The van der Waals surface area contributed by atoms with Gasteiger partial charge in [-0.25, -0.2) is 0 Å². The quantitative estimate of drug-likeness (QED) is 0.356. The number of pyridine rings is 1. The molecule has 0 aliphatic carbocycles. The van der Waals surface area contributed by atoms with Gasteiger partial charge < -0.3 is 16.4 Å². The summed E-state index contributed by atoms with van der Waals surface area (Å²) in [6, 6.07) is 18.5. The summed E-state index contributed by atoms with van der Waals surface area (Å²) >= 11 is 1.40. The lowest BCUT2D eigenvalue weighted by molar-refractivity contribution is -0.116. The van der Waals surface area contributed by atoms with E-state index in [9.17, 15) is 9.59 Å². The van der Waals surface area contributed by atoms with E-state index in [4.69, 9.17) is 5.73 Å². The normalized spacial score (nSPS) is 10.7. The Labute approximate surface area is 184 Å². The average Bonchev–Trinajstić information content (AvgIpc) is 3.20. The Kier molecular flexibility index (Phi) is 6.24. The van der Waals surface area contributed by atoms with E-state index in [0.717, 1.165) is 34.2 Å². The van der Waals surface area contributed by atoms with Gasteiger partial charge in [0.05, 0.1) is 16.3 Å². The number of benzene rings is 2. The lowest BCUT2D eigenvalue weighted by atomic mass is 10.1. The molecule has 0 saturated carbocycles. The Bertz CT molecular complexity index is 1220. The van der Waals surface area contributed by atoms with Crippen molar-refractivity contribution in [1.29, 1.82) is 0 Å². The Morgan fingerprint density at radius 2 is 1.87 bits per heavy atom. The number of nitrogens with two attached hydrogens (primary N) is 1. The van der Waals surface area contributed by atoms with Crippen molar-refractivity contribution in [2.24, 2.45) is 0 Å². The molecule has 2 aromatic heterocycles. The van der Waals surface area contributed by atoms with Crippen molar-refractivity contribution in [3.8, 4) is 0 Å². The molecule has 0 aliphatic heterocycles. The van der Waals surface area contributed by atoms with E-state index in [1.165, 1.54) is 11.3 Å². The first-order valence-corrected chi connectivity index (χ1v) is 10.8. The number of carbonyl (C=O) groups excluding carboxylic acids is 2. The molecule has 4 N–H and O–H groups in total. The number of para-hydroxylation sites is 2. The number of amides is 2. The maximum atomic E-state index is 12.6. The van der Waals surface area contributed by atoms with Crippen molar-refractivity contribution < 1.29 is 9.59 Å². The maximum absolute atomic E-state index is 12.6. The van der Waals surface area contributed by atoms with Gasteiger partial charge in [0.1, 0.15) is 0 Å². The molecule has 7 heteroatoms. The first-order chi connectivity index (χ1) is 15.1. The number of anilines is 3. The summed E-state index contributed by atoms with van der Waals surface area (Å²) in [4.78, 5) is 29.6. The molecule has 0 fully saturated rings. The van der Waals surface area contributed by atoms with E-state index in [0.29, 0.717) is 22.7 Å². The van der Waals surface area contributed by atoms with E-state index in [1.54, 1.807) is 18.3 Å². The Morgan fingerprint density at radius 3 is 2.68 bits per heavy atom. The fraction of sp³-hybridized carbons (Fsp3) is 0.125. The van der Waals surface area contributed by atoms with Crippen LogP contribution in [0.5, 0.6) is 0 Å². The van der Waals surface area contributed by atoms with Crippen LogP contribution < -0.4 is 16.4 Å². The van der Waals surface area contributed by atoms with Gasteiger partial charge in [0, 0.05) is 29.2 Å². The van der Waals surface area contributed by atoms with Crippen LogP contribution in [0.2, 0.25) is 0 Å². The molecule has 2 amide bonds. The predicted octanol–water partition coefficient (Wildman–Crippen LogP) is 5.09. The zero-order chi connectivity index (χ0) is 21.6. The molecule has 0 aliphatic rings. The number of carbonyl (C=O) groups is 2. The highest BCUT2D eigenvalue weighted by atomic mass is 32.1. The highest BCUT2D eigenvalue weighted by molar-refractivity contribution is 7.20. The van der Waals surface area contributed by atoms with Gasteiger partial charge in [-0.2, -0.15) is 0 Å². The van der Waals surface area contributed by atoms with Crippen LogP contribution in [0.15, 0.2) is 73.1 Å². The second-order valence-corrected chi connectivity index (χ2v) is 8.25. The molecule has 0 saturated heterocycles. The van der Waals surface area contributed by atoms with Crippen molar-refractivity contribution in [1.82, 2.24) is 4.98 Å². The highest BCUT2D eigenvalue weighted by Crippen LogP contribution is 2.29. The fourth-order valence-electron chi connectivity index (χ4n) is 3.25. The molecule has 0 unspecified atom stereocenters. The molecule has 4 rings (SSSR count). The van der Waals surface area contributed by atoms with Crippen molar-refractivity contribution >= 4 is 50.3 Å². The van der Waals surface area contributed by atoms with E-state index in [1.807, 2.05) is 54.7 Å². The summed E-state index contributed by atoms with van der Waals surface area (Å²) in [7, 11) is 0. The molecular weight excluding hydrogens is 408 g/mol. The highest BCUT2D eigenvalue weighted by Gasteiger charge is 2.13. The summed E-state index contributed by atoms with van der Waals surface area (Å²) in [6.45, 7) is 0. The zero-order valence-electron chi connectivity index (χ0n) is 16.8. The molecule has 2 aromatic carbocycles. The van der Waals surface area contributed by atoms with Crippen LogP contribution in [0.4, 0.5) is 17.1 Å². The number of hydrogen-bond donors (Lipinski definition) is 3. The van der Waals surface area contributed by atoms with Crippen molar-refractivity contribution in [3.63, 3.8) is 0 Å². The van der Waals surface area contributed by atoms with Crippen LogP contribution in [0.25, 0.3) is 10.1 Å². The Hall–Kier alpha value is -3.71. The molecule has 31 heavy (non-hydrogen) atoms. The first kappa shape index (κ1) is 20.6. The molecule has 0 spiro atoms. The summed E-state index contributed by atoms with van der Waals surface area (Å²) < 4.78 is 0.973. The number of hydrogen-bond acceptors (Lipinski definition) is 5. The zero-order valence-corrected chi connectivity index (χ0v) is 17.6. The van der Waals surface area contributed by atoms with Crippen molar-refractivity contribution in [2.45, 2.75) is 19.3 Å². The van der Waals surface area contributed by atoms with E-state index >= 15 is 0 Å². The van der Waals surface area contributed by atoms with Crippen LogP contribution in [-0.2, 0) is 11.2 Å². The number of rotatable bonds is 7. The molecule has 0 radical (unpaired) electrons. The molecular formula is C24H22N4O2S. The largest absolute Gasteiger partial charge is 0.397 e. The van der Waals surface area contributed by atoms with Crippen molar-refractivity contribution in [2.75, 3.05) is 16.4 Å². The van der Waals surface area contributed by atoms with Gasteiger partial charge in [0.25, 0.3) is 5.91 Å². The number of nitrogens with zero attached hydrogens (tertiary/aromatic N) is 1. The summed E-state index contributed by atoms with van der Waals surface area (Å²) in [6.07, 6.45) is 5.56. The molecule has 2 heterocycles. The van der Waals surface area contributed by atoms with Gasteiger partial charge in [0.2, 0.25) is 5.91 Å². The fourth-order valence-corrected chi connectivity index (χ4v) is 4.19. The first-order valence-electron chi connectivity index (χ1n) is 9.97. The van der Waals surface area contributed by atoms with Crippen LogP contribution >= 0.6 is 11.3 Å². The third kappa shape index (κ3) is 5.26. The predicted molar refractivity (Wildman–Crippen MR) is 126 cm³/mol. The number of fused-ring (bicyclic) bond motifs is 1. The topological polar surface area (TPSA) is 97.1 Å². The Balaban J connectivity index is 1.37. The summed E-state index contributed by atoms with van der Waals surface area (Å²) in [5.41, 5.74) is 8.85. The summed E-state index contributed by atoms with van der Waals surface area (Å²) in [5, 5.41) is 6.69. The van der Waals surface area contributed by atoms with Gasteiger partial charge in [-0.3, -0.25) is 14.6 Å². The van der Waals surface area contributed by atoms with Gasteiger partial charge in [-0.1, -0.05) is 18.2 Å². The molecule has 0 atom stereocenters. The van der Waals surface area contributed by atoms with Gasteiger partial charge >= 0.3 is 0 Å². The average molecular weight is 431 g/mol. The van der Waals surface area contributed by atoms with E-state index in [2.05, 4.69) is 15.6 Å². The third-order valence-corrected chi connectivity index (χ3v) is 5.94. The lowest BCUT2D eigenvalue weighted by Gasteiger charge is -2.06. The third-order valence-electron chi connectivity index (χ3n) is 4.82. The van der Waals surface area contributed by atoms with Crippen LogP contribution in [0.3, 0.4) is 0 Å². The van der Waals surface area contributed by atoms with Crippen molar-refractivity contribution in [3.05, 3.63) is 83.5 Å². The van der Waals surface area contributed by atoms with Gasteiger partial charge in [-0.05, 0) is 66.3 Å². The lowest BCUT2D eigenvalue weighted by Crippen LogP contribution is -2.11. The van der Waals surface area contributed by atoms with Crippen LogP contribution in [0.1, 0.15) is 28.1 Å². The molecule has 4 aromatic rings. The summed E-state index contributed by atoms with van der Waals surface area (Å²) in [5.74, 6) is -0.240. The standard InChI is InChI=1S/C24H22N4O2S/c25-19-7-1-2-8-20(19)28-24(30)22-14-17-13-18(10-11-21(17)31-22)27-23(29)9-3-5-16-6-4-12-26-15-16/h1-2,4,6-8,10-15H,3,5,9,25H2,(H,27,29)(H,28,30).